The van der Waals surface area contributed by atoms with Crippen LogP contribution in [0, 0.1) is 0 Å². The number of primary amides is 1. The molecule has 4 N–H and O–H groups in total. The van der Waals surface area contributed by atoms with Crippen LogP contribution in [0.5, 0.6) is 0 Å². The molecular formula is C11H19N3O4S. The molecule has 108 valence electrons. The standard InChI is InChI=1S/C11H19N3O4S/c1-2-18-11(17)8-6-19-4-3-14(8)10(16)7(12)5-9(13)15/h7-8H,2-6,12H2,1H3,(H2,13,15). The van der Waals surface area contributed by atoms with Gasteiger partial charge >= 0.3 is 5.97 Å². The van der Waals surface area contributed by atoms with E-state index in [2.05, 4.69) is 0 Å². The summed E-state index contributed by atoms with van der Waals surface area (Å²) in [5.74, 6) is -0.301. The summed E-state index contributed by atoms with van der Waals surface area (Å²) >= 11 is 1.58. The van der Waals surface area contributed by atoms with Crippen LogP contribution >= 0.6 is 11.8 Å². The lowest BCUT2D eigenvalue weighted by Gasteiger charge is -2.35. The quantitative estimate of drug-likeness (QED) is 0.607. The monoisotopic (exact) mass is 289 g/mol. The number of carbonyl (C=O) groups excluding carboxylic acids is 3. The summed E-state index contributed by atoms with van der Waals surface area (Å²) in [7, 11) is 0. The van der Waals surface area contributed by atoms with Gasteiger partial charge in [0.05, 0.1) is 19.1 Å². The van der Waals surface area contributed by atoms with Gasteiger partial charge in [0.15, 0.2) is 0 Å². The van der Waals surface area contributed by atoms with Gasteiger partial charge in [0.1, 0.15) is 6.04 Å². The van der Waals surface area contributed by atoms with E-state index in [1.165, 1.54) is 4.90 Å². The Morgan fingerprint density at radius 3 is 2.74 bits per heavy atom. The highest BCUT2D eigenvalue weighted by Crippen LogP contribution is 2.18. The molecule has 0 aliphatic carbocycles. The highest BCUT2D eigenvalue weighted by atomic mass is 32.2. The molecule has 2 amide bonds. The summed E-state index contributed by atoms with van der Waals surface area (Å²) in [5.41, 5.74) is 10.7. The van der Waals surface area contributed by atoms with Gasteiger partial charge in [0, 0.05) is 18.1 Å². The van der Waals surface area contributed by atoms with Crippen molar-refractivity contribution in [3.63, 3.8) is 0 Å². The Morgan fingerprint density at radius 2 is 2.16 bits per heavy atom. The van der Waals surface area contributed by atoms with Gasteiger partial charge in [-0.05, 0) is 6.92 Å². The van der Waals surface area contributed by atoms with E-state index in [1.807, 2.05) is 0 Å². The number of hydrogen-bond acceptors (Lipinski definition) is 6. The van der Waals surface area contributed by atoms with E-state index in [-0.39, 0.29) is 13.0 Å². The summed E-state index contributed by atoms with van der Waals surface area (Å²) in [6.07, 6.45) is -0.224. The maximum Gasteiger partial charge on any atom is 0.329 e. The van der Waals surface area contributed by atoms with Crippen molar-refractivity contribution in [1.29, 1.82) is 0 Å². The normalized spacial score (nSPS) is 20.7. The minimum atomic E-state index is -1.00. The van der Waals surface area contributed by atoms with Crippen LogP contribution in [-0.2, 0) is 19.1 Å². The predicted octanol–water partition coefficient (Wildman–Crippen LogP) is -1.30. The predicted molar refractivity (Wildman–Crippen MR) is 71.2 cm³/mol. The second-order valence-corrected chi connectivity index (χ2v) is 5.30. The molecule has 0 aromatic heterocycles. The van der Waals surface area contributed by atoms with Gasteiger partial charge in [-0.15, -0.1) is 0 Å². The van der Waals surface area contributed by atoms with Gasteiger partial charge in [0.25, 0.3) is 0 Å². The molecule has 1 saturated heterocycles. The Morgan fingerprint density at radius 1 is 1.47 bits per heavy atom. The molecular weight excluding hydrogens is 270 g/mol. The molecule has 1 fully saturated rings. The summed E-state index contributed by atoms with van der Waals surface area (Å²) in [6, 6.07) is -1.64. The zero-order valence-corrected chi connectivity index (χ0v) is 11.6. The molecule has 1 aliphatic rings. The molecule has 1 rings (SSSR count). The first-order chi connectivity index (χ1) is 8.97. The molecule has 7 nitrogen and oxygen atoms in total. The van der Waals surface area contributed by atoms with Crippen molar-refractivity contribution < 1.29 is 19.1 Å². The number of nitrogens with zero attached hydrogens (tertiary/aromatic N) is 1. The lowest BCUT2D eigenvalue weighted by Crippen LogP contribution is -2.56. The van der Waals surface area contributed by atoms with Crippen LogP contribution in [0.15, 0.2) is 0 Å². The van der Waals surface area contributed by atoms with Crippen LogP contribution in [0.4, 0.5) is 0 Å². The van der Waals surface area contributed by atoms with Gasteiger partial charge in [-0.2, -0.15) is 11.8 Å². The Hall–Kier alpha value is -1.28. The maximum absolute atomic E-state index is 12.1. The first-order valence-corrected chi connectivity index (χ1v) is 7.21. The molecule has 0 aromatic rings. The van der Waals surface area contributed by atoms with Gasteiger partial charge in [-0.25, -0.2) is 4.79 Å². The lowest BCUT2D eigenvalue weighted by molar-refractivity contribution is -0.154. The fourth-order valence-corrected chi connectivity index (χ4v) is 2.85. The Labute approximate surface area is 116 Å². The number of amides is 2. The van der Waals surface area contributed by atoms with E-state index in [4.69, 9.17) is 16.2 Å². The molecule has 0 bridgehead atoms. The van der Waals surface area contributed by atoms with E-state index in [0.29, 0.717) is 12.3 Å². The van der Waals surface area contributed by atoms with Gasteiger partial charge in [0.2, 0.25) is 11.8 Å². The SMILES string of the molecule is CCOC(=O)C1CSCCN1C(=O)C(N)CC(N)=O. The van der Waals surface area contributed by atoms with Crippen molar-refractivity contribution in [1.82, 2.24) is 4.90 Å². The van der Waals surface area contributed by atoms with E-state index in [0.717, 1.165) is 5.75 Å². The molecule has 2 unspecified atom stereocenters. The second kappa shape index (κ2) is 7.34. The topological polar surface area (TPSA) is 116 Å². The zero-order valence-electron chi connectivity index (χ0n) is 10.8. The smallest absolute Gasteiger partial charge is 0.329 e. The van der Waals surface area contributed by atoms with Crippen LogP contribution in [0.25, 0.3) is 0 Å². The fraction of sp³-hybridized carbons (Fsp3) is 0.727. The summed E-state index contributed by atoms with van der Waals surface area (Å²) in [6.45, 7) is 2.38. The third-order valence-electron chi connectivity index (χ3n) is 2.71. The van der Waals surface area contributed by atoms with Crippen molar-refractivity contribution in [3.05, 3.63) is 0 Å². The number of carbonyl (C=O) groups is 3. The number of esters is 1. The van der Waals surface area contributed by atoms with Crippen molar-refractivity contribution in [3.8, 4) is 0 Å². The highest BCUT2D eigenvalue weighted by molar-refractivity contribution is 7.99. The summed E-state index contributed by atoms with van der Waals surface area (Å²) < 4.78 is 4.94. The third kappa shape index (κ3) is 4.39. The fourth-order valence-electron chi connectivity index (χ4n) is 1.82. The van der Waals surface area contributed by atoms with Crippen LogP contribution in [-0.4, -0.2) is 59.4 Å². The molecule has 0 aromatic carbocycles. The maximum atomic E-state index is 12.1. The minimum absolute atomic E-state index is 0.224. The van der Waals surface area contributed by atoms with Gasteiger partial charge < -0.3 is 21.1 Å². The van der Waals surface area contributed by atoms with Crippen molar-refractivity contribution in [2.24, 2.45) is 11.5 Å². The molecule has 0 saturated carbocycles. The van der Waals surface area contributed by atoms with Crippen LogP contribution in [0.2, 0.25) is 0 Å². The van der Waals surface area contributed by atoms with E-state index < -0.39 is 29.9 Å². The van der Waals surface area contributed by atoms with Crippen LogP contribution < -0.4 is 11.5 Å². The molecule has 0 spiro atoms. The summed E-state index contributed by atoms with van der Waals surface area (Å²) in [5, 5.41) is 0. The zero-order chi connectivity index (χ0) is 14.4. The first-order valence-electron chi connectivity index (χ1n) is 6.06. The number of thioether (sulfide) groups is 1. The summed E-state index contributed by atoms with van der Waals surface area (Å²) in [4.78, 5) is 36.1. The molecule has 1 heterocycles. The van der Waals surface area contributed by atoms with Gasteiger partial charge in [-0.3, -0.25) is 9.59 Å². The molecule has 8 heteroatoms. The van der Waals surface area contributed by atoms with E-state index in [9.17, 15) is 14.4 Å². The van der Waals surface area contributed by atoms with Crippen LogP contribution in [0.1, 0.15) is 13.3 Å². The number of rotatable bonds is 5. The van der Waals surface area contributed by atoms with E-state index in [1.54, 1.807) is 18.7 Å². The van der Waals surface area contributed by atoms with Crippen LogP contribution in [0.3, 0.4) is 0 Å². The molecule has 2 atom stereocenters. The minimum Gasteiger partial charge on any atom is -0.464 e. The largest absolute Gasteiger partial charge is 0.464 e. The lowest BCUT2D eigenvalue weighted by atomic mass is 10.1. The second-order valence-electron chi connectivity index (χ2n) is 4.15. The number of ether oxygens (including phenoxy) is 1. The number of hydrogen-bond donors (Lipinski definition) is 2. The van der Waals surface area contributed by atoms with Crippen molar-refractivity contribution >= 4 is 29.5 Å². The highest BCUT2D eigenvalue weighted by Gasteiger charge is 2.35. The Bertz CT molecular complexity index is 364. The van der Waals surface area contributed by atoms with E-state index >= 15 is 0 Å². The number of nitrogens with two attached hydrogens (primary N) is 2. The molecule has 1 aliphatic heterocycles. The van der Waals surface area contributed by atoms with Crippen molar-refractivity contribution in [2.75, 3.05) is 24.7 Å². The molecule has 19 heavy (non-hydrogen) atoms. The third-order valence-corrected chi connectivity index (χ3v) is 3.73. The average Bonchev–Trinajstić information content (AvgIpc) is 2.37. The Kier molecular flexibility index (Phi) is 6.10. The first kappa shape index (κ1) is 15.8. The van der Waals surface area contributed by atoms with Crippen molar-refractivity contribution in [2.45, 2.75) is 25.4 Å². The average molecular weight is 289 g/mol. The molecule has 0 radical (unpaired) electrons. The Balaban J connectivity index is 2.73. The van der Waals surface area contributed by atoms with Gasteiger partial charge in [-0.1, -0.05) is 0 Å².